The minimum Gasteiger partial charge on any atom is -0.346 e. The van der Waals surface area contributed by atoms with E-state index in [1.54, 1.807) is 12.1 Å². The van der Waals surface area contributed by atoms with Gasteiger partial charge in [0, 0.05) is 18.6 Å². The van der Waals surface area contributed by atoms with E-state index in [1.165, 1.54) is 48.9 Å². The topological polar surface area (TPSA) is 81.1 Å². The van der Waals surface area contributed by atoms with Gasteiger partial charge in [0.1, 0.15) is 5.82 Å². The number of hydrogen-bond acceptors (Lipinski definition) is 4. The van der Waals surface area contributed by atoms with Gasteiger partial charge in [-0.1, -0.05) is 17.7 Å². The molecule has 0 fully saturated rings. The van der Waals surface area contributed by atoms with E-state index in [2.05, 4.69) is 10.3 Å². The van der Waals surface area contributed by atoms with Gasteiger partial charge in [0.25, 0.3) is 15.9 Å². The van der Waals surface area contributed by atoms with Gasteiger partial charge >= 0.3 is 0 Å². The molecule has 3 aromatic rings. The highest BCUT2D eigenvalue weighted by Gasteiger charge is 2.18. The molecule has 0 unspecified atom stereocenters. The Morgan fingerprint density at radius 2 is 1.92 bits per heavy atom. The van der Waals surface area contributed by atoms with E-state index in [-0.39, 0.29) is 22.7 Å². The van der Waals surface area contributed by atoms with Crippen LogP contribution in [0.25, 0.3) is 0 Å². The summed E-state index contributed by atoms with van der Waals surface area (Å²) in [4.78, 5) is 16.2. The highest BCUT2D eigenvalue weighted by molar-refractivity contribution is 7.90. The second kappa shape index (κ2) is 7.09. The number of amides is 1. The molecule has 0 aliphatic carbocycles. The maximum atomic E-state index is 13.5. The van der Waals surface area contributed by atoms with E-state index in [9.17, 15) is 17.6 Å². The number of carbonyl (C=O) groups is 1. The molecule has 0 saturated heterocycles. The molecule has 8 heteroatoms. The van der Waals surface area contributed by atoms with Gasteiger partial charge < -0.3 is 5.32 Å². The van der Waals surface area contributed by atoms with Crippen LogP contribution < -0.4 is 5.32 Å². The first-order chi connectivity index (χ1) is 12.4. The van der Waals surface area contributed by atoms with Crippen LogP contribution in [0.4, 0.5) is 4.39 Å². The van der Waals surface area contributed by atoms with Crippen LogP contribution in [0.5, 0.6) is 0 Å². The Morgan fingerprint density at radius 1 is 1.19 bits per heavy atom. The van der Waals surface area contributed by atoms with Crippen LogP contribution in [0.2, 0.25) is 0 Å². The summed E-state index contributed by atoms with van der Waals surface area (Å²) in [5.74, 6) is -1.04. The fraction of sp³-hybridized carbons (Fsp3) is 0.111. The van der Waals surface area contributed by atoms with Crippen LogP contribution in [-0.2, 0) is 16.6 Å². The molecule has 26 heavy (non-hydrogen) atoms. The van der Waals surface area contributed by atoms with Gasteiger partial charge in [-0.2, -0.15) is 0 Å². The highest BCUT2D eigenvalue weighted by Crippen LogP contribution is 2.16. The number of halogens is 1. The Balaban J connectivity index is 1.75. The summed E-state index contributed by atoms with van der Waals surface area (Å²) in [6, 6.07) is 10.5. The number of nitrogens with zero attached hydrogens (tertiary/aromatic N) is 2. The van der Waals surface area contributed by atoms with E-state index >= 15 is 0 Å². The Kier molecular flexibility index (Phi) is 4.85. The molecule has 0 aliphatic rings. The summed E-state index contributed by atoms with van der Waals surface area (Å²) in [7, 11) is -3.78. The van der Waals surface area contributed by atoms with Gasteiger partial charge in [-0.05, 0) is 37.3 Å². The fourth-order valence-electron chi connectivity index (χ4n) is 2.31. The van der Waals surface area contributed by atoms with Crippen molar-refractivity contribution in [2.75, 3.05) is 0 Å². The molecular weight excluding hydrogens is 357 g/mol. The zero-order valence-corrected chi connectivity index (χ0v) is 14.7. The molecule has 0 saturated carbocycles. The molecule has 0 radical (unpaired) electrons. The molecule has 0 aliphatic heterocycles. The van der Waals surface area contributed by atoms with Crippen LogP contribution >= 0.6 is 0 Å². The van der Waals surface area contributed by atoms with Crippen molar-refractivity contribution in [3.63, 3.8) is 0 Å². The lowest BCUT2D eigenvalue weighted by Crippen LogP contribution is -2.23. The minimum atomic E-state index is -3.78. The number of rotatable bonds is 5. The summed E-state index contributed by atoms with van der Waals surface area (Å²) in [6.45, 7) is 1.76. The Bertz CT molecular complexity index is 1040. The predicted octanol–water partition coefficient (Wildman–Crippen LogP) is 2.50. The van der Waals surface area contributed by atoms with Crippen molar-refractivity contribution in [1.29, 1.82) is 0 Å². The van der Waals surface area contributed by atoms with E-state index in [4.69, 9.17) is 0 Å². The number of nitrogens with one attached hydrogen (secondary N) is 1. The molecule has 0 spiro atoms. The maximum Gasteiger partial charge on any atom is 0.267 e. The van der Waals surface area contributed by atoms with Crippen molar-refractivity contribution in [2.24, 2.45) is 0 Å². The fourth-order valence-corrected chi connectivity index (χ4v) is 3.50. The Hall–Kier alpha value is -3.00. The van der Waals surface area contributed by atoms with Gasteiger partial charge in [-0.3, -0.25) is 9.78 Å². The molecule has 6 nitrogen and oxygen atoms in total. The molecule has 1 amide bonds. The number of pyridine rings is 1. The molecule has 2 aromatic heterocycles. The van der Waals surface area contributed by atoms with Crippen LogP contribution in [-0.4, -0.2) is 23.3 Å². The number of aromatic nitrogens is 2. The van der Waals surface area contributed by atoms with E-state index in [0.29, 0.717) is 0 Å². The van der Waals surface area contributed by atoms with Crippen molar-refractivity contribution in [3.05, 3.63) is 83.7 Å². The first-order valence-corrected chi connectivity index (χ1v) is 9.20. The third-order valence-electron chi connectivity index (χ3n) is 3.78. The lowest BCUT2D eigenvalue weighted by atomic mass is 10.2. The van der Waals surface area contributed by atoms with Crippen LogP contribution in [0.15, 0.2) is 66.0 Å². The van der Waals surface area contributed by atoms with E-state index < -0.39 is 21.7 Å². The Morgan fingerprint density at radius 3 is 2.62 bits per heavy atom. The lowest BCUT2D eigenvalue weighted by molar-refractivity contribution is 0.0950. The van der Waals surface area contributed by atoms with Crippen LogP contribution in [0.1, 0.15) is 21.6 Å². The van der Waals surface area contributed by atoms with E-state index in [1.807, 2.05) is 6.92 Å². The number of hydrogen-bond donors (Lipinski definition) is 1. The summed E-state index contributed by atoms with van der Waals surface area (Å²) < 4.78 is 39.7. The van der Waals surface area contributed by atoms with Gasteiger partial charge in [-0.25, -0.2) is 16.8 Å². The molecular formula is C18H16FN3O3S. The first-order valence-electron chi connectivity index (χ1n) is 7.76. The number of carbonyl (C=O) groups excluding carboxylic acids is 1. The van der Waals surface area contributed by atoms with Crippen LogP contribution in [0, 0.1) is 12.7 Å². The lowest BCUT2D eigenvalue weighted by Gasteiger charge is -2.06. The molecule has 3 rings (SSSR count). The van der Waals surface area contributed by atoms with Crippen molar-refractivity contribution in [3.8, 4) is 0 Å². The minimum absolute atomic E-state index is 0.0958. The van der Waals surface area contributed by atoms with Crippen molar-refractivity contribution in [2.45, 2.75) is 18.4 Å². The van der Waals surface area contributed by atoms with Gasteiger partial charge in [0.15, 0.2) is 0 Å². The molecule has 1 N–H and O–H groups in total. The largest absolute Gasteiger partial charge is 0.346 e. The molecule has 0 bridgehead atoms. The Labute approximate surface area is 150 Å². The zero-order valence-electron chi connectivity index (χ0n) is 13.9. The normalized spacial score (nSPS) is 11.3. The monoisotopic (exact) mass is 373 g/mol. The number of aryl methyl sites for hydroxylation is 1. The first kappa shape index (κ1) is 17.8. The van der Waals surface area contributed by atoms with Gasteiger partial charge in [0.2, 0.25) is 0 Å². The summed E-state index contributed by atoms with van der Waals surface area (Å²) in [5.41, 5.74) is 1.20. The average molecular weight is 373 g/mol. The van der Waals surface area contributed by atoms with Gasteiger partial charge in [0.05, 0.1) is 22.7 Å². The predicted molar refractivity (Wildman–Crippen MR) is 93.6 cm³/mol. The smallest absolute Gasteiger partial charge is 0.267 e. The van der Waals surface area contributed by atoms with Crippen molar-refractivity contribution >= 4 is 15.9 Å². The summed E-state index contributed by atoms with van der Waals surface area (Å²) >= 11 is 0. The summed E-state index contributed by atoms with van der Waals surface area (Å²) in [6.07, 6.45) is 3.94. The zero-order chi connectivity index (χ0) is 18.7. The van der Waals surface area contributed by atoms with Crippen molar-refractivity contribution < 1.29 is 17.6 Å². The standard InChI is InChI=1S/C18H16FN3O3S/c1-13-4-6-15(7-5-13)26(24,25)22-10-8-14(12-22)18(23)21-11-17-16(19)3-2-9-20-17/h2-10,12H,11H2,1H3,(H,21,23). The number of benzene rings is 1. The summed E-state index contributed by atoms with van der Waals surface area (Å²) in [5, 5.41) is 2.52. The SMILES string of the molecule is Cc1ccc(S(=O)(=O)n2ccc(C(=O)NCc3ncccc3F)c2)cc1. The third kappa shape index (κ3) is 3.65. The highest BCUT2D eigenvalue weighted by atomic mass is 32.2. The molecule has 1 aromatic carbocycles. The molecule has 2 heterocycles. The third-order valence-corrected chi connectivity index (χ3v) is 5.43. The molecule has 0 atom stereocenters. The molecule has 134 valence electrons. The van der Waals surface area contributed by atoms with Gasteiger partial charge in [-0.15, -0.1) is 0 Å². The average Bonchev–Trinajstić information content (AvgIpc) is 3.12. The second-order valence-electron chi connectivity index (χ2n) is 5.66. The van der Waals surface area contributed by atoms with Crippen molar-refractivity contribution in [1.82, 2.24) is 14.3 Å². The van der Waals surface area contributed by atoms with E-state index in [0.717, 1.165) is 9.54 Å². The quantitative estimate of drug-likeness (QED) is 0.745. The van der Waals surface area contributed by atoms with Crippen LogP contribution in [0.3, 0.4) is 0 Å². The second-order valence-corrected chi connectivity index (χ2v) is 7.51. The maximum absolute atomic E-state index is 13.5.